The molecule has 164 valence electrons. The van der Waals surface area contributed by atoms with E-state index in [0.29, 0.717) is 33.8 Å². The third-order valence-corrected chi connectivity index (χ3v) is 5.09. The van der Waals surface area contributed by atoms with Crippen LogP contribution in [0.1, 0.15) is 10.5 Å². The van der Waals surface area contributed by atoms with Gasteiger partial charge >= 0.3 is 0 Å². The maximum Gasteiger partial charge on any atom is 0.290 e. The Kier molecular flexibility index (Phi) is 5.75. The van der Waals surface area contributed by atoms with Crippen molar-refractivity contribution in [2.45, 2.75) is 0 Å². The number of fused-ring (bicyclic) bond motifs is 1. The monoisotopic (exact) mass is 453 g/mol. The fraction of sp³-hybridized carbons (Fsp3) is 0.0952. The lowest BCUT2D eigenvalue weighted by Crippen LogP contribution is -2.20. The van der Waals surface area contributed by atoms with Gasteiger partial charge in [0.25, 0.3) is 11.5 Å². The highest BCUT2D eigenvalue weighted by Gasteiger charge is 2.19. The quantitative estimate of drug-likeness (QED) is 0.314. The Hall–Kier alpha value is -3.96. The van der Waals surface area contributed by atoms with Gasteiger partial charge in [-0.15, -0.1) is 0 Å². The first kappa shape index (κ1) is 21.3. The van der Waals surface area contributed by atoms with Gasteiger partial charge in [0.1, 0.15) is 34.3 Å². The summed E-state index contributed by atoms with van der Waals surface area (Å²) in [4.78, 5) is 27.0. The number of carbonyl (C=O) groups excluding carboxylic acids is 1. The molecule has 0 aliphatic carbocycles. The van der Waals surface area contributed by atoms with Crippen LogP contribution in [0.4, 0.5) is 5.69 Å². The highest BCUT2D eigenvalue weighted by Crippen LogP contribution is 2.37. The fourth-order valence-electron chi connectivity index (χ4n) is 3.23. The Bertz CT molecular complexity index is 1400. The Labute approximate surface area is 184 Å². The Morgan fingerprint density at radius 1 is 1.25 bits per heavy atom. The molecule has 2 heterocycles. The summed E-state index contributed by atoms with van der Waals surface area (Å²) in [6, 6.07) is 15.6. The minimum absolute atomic E-state index is 0.0711. The first-order chi connectivity index (χ1) is 15.3. The summed E-state index contributed by atoms with van der Waals surface area (Å²) >= 11 is -2.04. The molecule has 2 aromatic heterocycles. The molecule has 0 radical (unpaired) electrons. The topological polar surface area (TPSA) is 152 Å². The van der Waals surface area contributed by atoms with E-state index < -0.39 is 22.5 Å². The summed E-state index contributed by atoms with van der Waals surface area (Å²) in [5.74, 6) is 0.126. The van der Waals surface area contributed by atoms with Crippen molar-refractivity contribution in [2.24, 2.45) is 12.8 Å². The second kappa shape index (κ2) is 8.65. The number of H-pyrrole nitrogens is 1. The van der Waals surface area contributed by atoms with Crippen molar-refractivity contribution >= 4 is 33.6 Å². The van der Waals surface area contributed by atoms with Crippen molar-refractivity contribution in [3.8, 4) is 22.8 Å². The van der Waals surface area contributed by atoms with Crippen molar-refractivity contribution in [2.75, 3.05) is 11.2 Å². The Morgan fingerprint density at radius 3 is 2.69 bits per heavy atom. The van der Waals surface area contributed by atoms with Crippen LogP contribution >= 0.6 is 0 Å². The van der Waals surface area contributed by atoms with Crippen LogP contribution in [0, 0.1) is 0 Å². The van der Waals surface area contributed by atoms with Crippen LogP contribution in [-0.4, -0.2) is 35.3 Å². The van der Waals surface area contributed by atoms with Gasteiger partial charge in [0, 0.05) is 23.7 Å². The summed E-state index contributed by atoms with van der Waals surface area (Å²) in [5, 5.41) is 7.65. The number of nitrogens with zero attached hydrogens (tertiary/aromatic N) is 2. The van der Waals surface area contributed by atoms with Crippen molar-refractivity contribution in [3.05, 3.63) is 70.6 Å². The van der Waals surface area contributed by atoms with Crippen molar-refractivity contribution in [3.63, 3.8) is 0 Å². The number of hydrogen-bond acceptors (Lipinski definition) is 6. The predicted molar refractivity (Wildman–Crippen MR) is 121 cm³/mol. The van der Waals surface area contributed by atoms with E-state index in [1.54, 1.807) is 30.3 Å². The highest BCUT2D eigenvalue weighted by atomic mass is 32.2. The summed E-state index contributed by atoms with van der Waals surface area (Å²) in [6.07, 6.45) is 0. The van der Waals surface area contributed by atoms with E-state index in [4.69, 9.17) is 15.0 Å². The van der Waals surface area contributed by atoms with Crippen molar-refractivity contribution in [1.82, 2.24) is 14.8 Å². The smallest absolute Gasteiger partial charge is 0.290 e. The van der Waals surface area contributed by atoms with E-state index in [-0.39, 0.29) is 17.1 Å². The van der Waals surface area contributed by atoms with E-state index in [2.05, 4.69) is 15.4 Å². The number of nitrogens with two attached hydrogens (primary N) is 1. The number of amides is 1. The van der Waals surface area contributed by atoms with E-state index in [9.17, 15) is 13.8 Å². The molecule has 0 saturated carbocycles. The molecule has 11 heteroatoms. The number of para-hydroxylation sites is 1. The Morgan fingerprint density at radius 2 is 2.00 bits per heavy atom. The minimum atomic E-state index is -2.04. The van der Waals surface area contributed by atoms with Crippen molar-refractivity contribution < 1.29 is 18.3 Å². The molecule has 32 heavy (non-hydrogen) atoms. The maximum atomic E-state index is 12.6. The molecule has 5 N–H and O–H groups in total. The molecule has 0 fully saturated rings. The lowest BCUT2D eigenvalue weighted by Gasteiger charge is -2.14. The fourth-order valence-corrected chi connectivity index (χ4v) is 3.52. The van der Waals surface area contributed by atoms with Gasteiger partial charge in [-0.25, -0.2) is 8.89 Å². The summed E-state index contributed by atoms with van der Waals surface area (Å²) < 4.78 is 27.4. The minimum Gasteiger partial charge on any atom is -0.457 e. The predicted octanol–water partition coefficient (Wildman–Crippen LogP) is 2.41. The van der Waals surface area contributed by atoms with Gasteiger partial charge in [0.05, 0.1) is 0 Å². The number of rotatable bonds is 7. The lowest BCUT2D eigenvalue weighted by atomic mass is 10.1. The number of primary amides is 1. The van der Waals surface area contributed by atoms with Gasteiger partial charge in [0.15, 0.2) is 11.1 Å². The molecule has 0 aliphatic rings. The van der Waals surface area contributed by atoms with Crippen LogP contribution in [-0.2, 0) is 18.1 Å². The second-order valence-corrected chi connectivity index (χ2v) is 7.81. The van der Waals surface area contributed by atoms with E-state index in [0.717, 1.165) is 4.68 Å². The summed E-state index contributed by atoms with van der Waals surface area (Å²) in [6.45, 7) is 0. The molecule has 0 spiro atoms. The van der Waals surface area contributed by atoms with Crippen LogP contribution in [0.25, 0.3) is 22.2 Å². The number of benzene rings is 2. The number of nitrogens with one attached hydrogen (secondary N) is 2. The van der Waals surface area contributed by atoms with Crippen LogP contribution in [0.2, 0.25) is 0 Å². The molecule has 4 rings (SSSR count). The third-order valence-electron chi connectivity index (χ3n) is 4.70. The third kappa shape index (κ3) is 4.24. The van der Waals surface area contributed by atoms with Crippen LogP contribution in [0.15, 0.2) is 59.4 Å². The number of anilines is 1. The summed E-state index contributed by atoms with van der Waals surface area (Å²) in [7, 11) is 1.49. The van der Waals surface area contributed by atoms with Crippen LogP contribution in [0.3, 0.4) is 0 Å². The second-order valence-electron chi connectivity index (χ2n) is 6.88. The van der Waals surface area contributed by atoms with Crippen LogP contribution < -0.4 is 21.3 Å². The number of hydrogen-bond donors (Lipinski definition) is 4. The molecule has 0 saturated heterocycles. The highest BCUT2D eigenvalue weighted by molar-refractivity contribution is 7.79. The molecule has 4 aromatic rings. The zero-order chi connectivity index (χ0) is 22.8. The average Bonchev–Trinajstić information content (AvgIpc) is 3.22. The SMILES string of the molecule is Cn1nc(-c2cc(NCS(=O)O)ccc2Oc2ccccc2)c2cc(C(N)=O)[nH]c2c1=O. The van der Waals surface area contributed by atoms with Gasteiger partial charge in [-0.3, -0.25) is 9.59 Å². The maximum absolute atomic E-state index is 12.6. The molecule has 1 unspecified atom stereocenters. The first-order valence-electron chi connectivity index (χ1n) is 9.42. The molecule has 0 aliphatic heterocycles. The number of carbonyl (C=O) groups is 1. The molecule has 1 amide bonds. The molecule has 1 atom stereocenters. The molecular weight excluding hydrogens is 434 g/mol. The average molecular weight is 453 g/mol. The number of aryl methyl sites for hydroxylation is 1. The molecular formula is C21H19N5O5S. The van der Waals surface area contributed by atoms with E-state index in [1.807, 2.05) is 18.2 Å². The normalized spacial score (nSPS) is 11.9. The Balaban J connectivity index is 1.93. The van der Waals surface area contributed by atoms with Gasteiger partial charge in [-0.2, -0.15) is 5.10 Å². The standard InChI is InChI=1S/C21H19N5O5S/c1-26-21(28)19-15(10-16(24-19)20(22)27)18(25-26)14-9-12(23-11-32(29)30)7-8-17(14)31-13-5-3-2-4-6-13/h2-10,23-24H,11H2,1H3,(H2,22,27)(H,29,30). The number of aromatic amines is 1. The summed E-state index contributed by atoms with van der Waals surface area (Å²) in [5.41, 5.74) is 6.62. The van der Waals surface area contributed by atoms with E-state index in [1.165, 1.54) is 13.1 Å². The van der Waals surface area contributed by atoms with Crippen LogP contribution in [0.5, 0.6) is 11.5 Å². The van der Waals surface area contributed by atoms with Gasteiger partial charge in [-0.1, -0.05) is 18.2 Å². The largest absolute Gasteiger partial charge is 0.457 e. The molecule has 10 nitrogen and oxygen atoms in total. The van der Waals surface area contributed by atoms with Gasteiger partial charge in [0.2, 0.25) is 0 Å². The molecule has 2 aromatic carbocycles. The number of aromatic nitrogens is 3. The van der Waals surface area contributed by atoms with E-state index >= 15 is 0 Å². The van der Waals surface area contributed by atoms with Crippen molar-refractivity contribution in [1.29, 1.82) is 0 Å². The molecule has 0 bridgehead atoms. The lowest BCUT2D eigenvalue weighted by molar-refractivity contribution is 0.0996. The van der Waals surface area contributed by atoms with Gasteiger partial charge in [-0.05, 0) is 36.4 Å². The van der Waals surface area contributed by atoms with Gasteiger partial charge < -0.3 is 25.3 Å². The first-order valence-corrected chi connectivity index (χ1v) is 10.7. The zero-order valence-corrected chi connectivity index (χ0v) is 17.7. The number of ether oxygens (including phenoxy) is 1. The zero-order valence-electron chi connectivity index (χ0n) is 16.9.